The van der Waals surface area contributed by atoms with Crippen LogP contribution in [-0.2, 0) is 19.1 Å². The van der Waals surface area contributed by atoms with Gasteiger partial charge >= 0.3 is 12.1 Å². The van der Waals surface area contributed by atoms with Crippen molar-refractivity contribution in [3.05, 3.63) is 16.1 Å². The predicted molar refractivity (Wildman–Crippen MR) is 159 cm³/mol. The quantitative estimate of drug-likeness (QED) is 0.216. The topological polar surface area (TPSA) is 159 Å². The highest BCUT2D eigenvalue weighted by Crippen LogP contribution is 2.26. The number of thiocarbonyl (C=S) groups is 1. The molecule has 12 nitrogen and oxygen atoms in total. The fourth-order valence-corrected chi connectivity index (χ4v) is 5.69. The van der Waals surface area contributed by atoms with Crippen molar-refractivity contribution < 1.29 is 33.8 Å². The van der Waals surface area contributed by atoms with Gasteiger partial charge in [0, 0.05) is 11.9 Å². The number of hydrogen-bond acceptors (Lipinski definition) is 10. The zero-order valence-electron chi connectivity index (χ0n) is 25.0. The van der Waals surface area contributed by atoms with Crippen LogP contribution in [0.2, 0.25) is 0 Å². The van der Waals surface area contributed by atoms with Gasteiger partial charge in [0.05, 0.1) is 30.8 Å². The molecule has 1 aromatic rings. The number of esters is 1. The molecule has 1 aliphatic rings. The number of carbonyl (C=O) groups is 4. The molecule has 0 unspecified atom stereocenters. The molecule has 41 heavy (non-hydrogen) atoms. The summed E-state index contributed by atoms with van der Waals surface area (Å²) in [5.41, 5.74) is -0.564. The minimum absolute atomic E-state index is 0.0738. The average molecular weight is 614 g/mol. The lowest BCUT2D eigenvalue weighted by molar-refractivity contribution is -0.134. The van der Waals surface area contributed by atoms with Crippen LogP contribution in [0.3, 0.4) is 0 Å². The third kappa shape index (κ3) is 9.60. The van der Waals surface area contributed by atoms with Crippen molar-refractivity contribution in [3.8, 4) is 0 Å². The van der Waals surface area contributed by atoms with Crippen LogP contribution in [0.1, 0.15) is 82.8 Å². The molecule has 2 heterocycles. The number of methoxy groups -OCH3 is 1. The highest BCUT2D eigenvalue weighted by atomic mass is 32.1. The number of nitrogens with one attached hydrogen (secondary N) is 3. The minimum Gasteiger partial charge on any atom is -0.464 e. The molecule has 3 amide bonds. The van der Waals surface area contributed by atoms with Gasteiger partial charge in [-0.05, 0) is 45.4 Å². The minimum atomic E-state index is -1.08. The zero-order chi connectivity index (χ0) is 31.1. The van der Waals surface area contributed by atoms with Gasteiger partial charge < -0.3 is 35.4 Å². The van der Waals surface area contributed by atoms with Crippen molar-refractivity contribution in [2.75, 3.05) is 20.3 Å². The number of aromatic nitrogens is 1. The van der Waals surface area contributed by atoms with E-state index in [4.69, 9.17) is 21.7 Å². The largest absolute Gasteiger partial charge is 0.464 e. The molecule has 4 N–H and O–H groups in total. The molecule has 0 radical (unpaired) electrons. The second-order valence-electron chi connectivity index (χ2n) is 11.6. The van der Waals surface area contributed by atoms with E-state index in [1.165, 1.54) is 18.4 Å². The van der Waals surface area contributed by atoms with E-state index in [9.17, 15) is 24.3 Å². The first-order valence-electron chi connectivity index (χ1n) is 13.6. The molecule has 1 fully saturated rings. The fraction of sp³-hybridized carbons (Fsp3) is 0.704. The van der Waals surface area contributed by atoms with E-state index in [1.54, 1.807) is 31.1 Å². The Bertz CT molecular complexity index is 1100. The van der Waals surface area contributed by atoms with E-state index >= 15 is 0 Å². The number of carbonyl (C=O) groups excluding carboxylic acids is 4. The molecule has 2 rings (SSSR count). The molecule has 0 aliphatic carbocycles. The second-order valence-corrected chi connectivity index (χ2v) is 12.9. The van der Waals surface area contributed by atoms with E-state index in [2.05, 4.69) is 20.9 Å². The number of aliphatic hydroxyl groups is 1. The van der Waals surface area contributed by atoms with Crippen molar-refractivity contribution >= 4 is 52.4 Å². The van der Waals surface area contributed by atoms with Crippen LogP contribution in [0.15, 0.2) is 5.38 Å². The van der Waals surface area contributed by atoms with Gasteiger partial charge in [0.25, 0.3) is 0 Å². The smallest absolute Gasteiger partial charge is 0.408 e. The van der Waals surface area contributed by atoms with Gasteiger partial charge in [-0.1, -0.05) is 39.9 Å². The zero-order valence-corrected chi connectivity index (χ0v) is 26.6. The lowest BCUT2D eigenvalue weighted by atomic mass is 10.0. The summed E-state index contributed by atoms with van der Waals surface area (Å²) in [6, 6.07) is -2.94. The summed E-state index contributed by atoms with van der Waals surface area (Å²) in [6.07, 6.45) is 0.572. The van der Waals surface area contributed by atoms with Crippen molar-refractivity contribution in [2.45, 2.75) is 91.1 Å². The molecular weight excluding hydrogens is 570 g/mol. The summed E-state index contributed by atoms with van der Waals surface area (Å²) in [7, 11) is 1.27. The molecule has 0 aromatic carbocycles. The van der Waals surface area contributed by atoms with Gasteiger partial charge in [-0.2, -0.15) is 0 Å². The molecule has 0 bridgehead atoms. The molecule has 14 heteroatoms. The van der Waals surface area contributed by atoms with Gasteiger partial charge in [0.2, 0.25) is 11.8 Å². The molecule has 1 aromatic heterocycles. The summed E-state index contributed by atoms with van der Waals surface area (Å²) in [6.45, 7) is 12.6. The third-order valence-electron chi connectivity index (χ3n) is 6.41. The maximum atomic E-state index is 13.5. The number of nitrogens with zero attached hydrogens (tertiary/aromatic N) is 2. The van der Waals surface area contributed by atoms with Crippen LogP contribution in [0.4, 0.5) is 4.79 Å². The van der Waals surface area contributed by atoms with Crippen LogP contribution in [0.25, 0.3) is 0 Å². The highest BCUT2D eigenvalue weighted by Gasteiger charge is 2.39. The second kappa shape index (κ2) is 14.9. The number of ether oxygens (including phenoxy) is 2. The normalized spacial score (nSPS) is 17.5. The summed E-state index contributed by atoms with van der Waals surface area (Å²) >= 11 is 6.84. The van der Waals surface area contributed by atoms with Crippen LogP contribution >= 0.6 is 23.6 Å². The van der Waals surface area contributed by atoms with E-state index in [-0.39, 0.29) is 28.4 Å². The molecule has 0 saturated carbocycles. The van der Waals surface area contributed by atoms with Crippen LogP contribution in [0.5, 0.6) is 0 Å². The molecular formula is C27H43N5O7S2. The molecule has 230 valence electrons. The van der Waals surface area contributed by atoms with Gasteiger partial charge in [0.15, 0.2) is 5.69 Å². The monoisotopic (exact) mass is 613 g/mol. The summed E-state index contributed by atoms with van der Waals surface area (Å²) in [5, 5.41) is 20.6. The van der Waals surface area contributed by atoms with E-state index in [1.807, 2.05) is 27.7 Å². The molecule has 4 atom stereocenters. The van der Waals surface area contributed by atoms with Gasteiger partial charge in [-0.3, -0.25) is 9.59 Å². The Labute approximate surface area is 250 Å². The Morgan fingerprint density at radius 3 is 2.34 bits per heavy atom. The molecule has 0 spiro atoms. The first kappa shape index (κ1) is 34.4. The summed E-state index contributed by atoms with van der Waals surface area (Å²) in [4.78, 5) is 57.1. The summed E-state index contributed by atoms with van der Waals surface area (Å²) in [5.74, 6) is -1.67. The lowest BCUT2D eigenvalue weighted by Crippen LogP contribution is -2.57. The molecule has 1 saturated heterocycles. The summed E-state index contributed by atoms with van der Waals surface area (Å²) < 4.78 is 10.1. The third-order valence-corrected chi connectivity index (χ3v) is 7.72. The average Bonchev–Trinajstić information content (AvgIpc) is 3.57. The standard InChI is InChI=1S/C27H43N5O7S2/c1-14(2)19(23-29-17(13-41-23)25(36)38-8)30-21(34)16(12-33)28-22(40)18-10-9-11-32(18)24(35)20(15(3)4)31-26(37)39-27(5,6)7/h13-16,18-20,33H,9-12H2,1-8H3,(H,28,40)(H,30,34)(H,31,37)/t16-,18-,19-,20-/m0/s1. The number of aliphatic hydroxyl groups excluding tert-OH is 1. The van der Waals surface area contributed by atoms with Gasteiger partial charge in [0.1, 0.15) is 22.7 Å². The first-order chi connectivity index (χ1) is 19.1. The van der Waals surface area contributed by atoms with E-state index in [0.29, 0.717) is 24.4 Å². The Balaban J connectivity index is 2.12. The highest BCUT2D eigenvalue weighted by molar-refractivity contribution is 7.80. The van der Waals surface area contributed by atoms with Gasteiger partial charge in [-0.15, -0.1) is 11.3 Å². The van der Waals surface area contributed by atoms with E-state index in [0.717, 1.165) is 0 Å². The number of likely N-dealkylation sites (tertiary alicyclic amines) is 1. The Hall–Kier alpha value is -2.84. The Kier molecular flexibility index (Phi) is 12.5. The number of thiazole rings is 1. The lowest BCUT2D eigenvalue weighted by Gasteiger charge is -2.33. The maximum Gasteiger partial charge on any atom is 0.408 e. The van der Waals surface area contributed by atoms with Crippen LogP contribution in [0, 0.1) is 11.8 Å². The number of amides is 3. The number of hydrogen-bond donors (Lipinski definition) is 4. The fourth-order valence-electron chi connectivity index (χ4n) is 4.29. The van der Waals surface area contributed by atoms with E-state index < -0.39 is 54.3 Å². The van der Waals surface area contributed by atoms with Crippen molar-refractivity contribution in [1.29, 1.82) is 0 Å². The van der Waals surface area contributed by atoms with Gasteiger partial charge in [-0.25, -0.2) is 14.6 Å². The van der Waals surface area contributed by atoms with Crippen LogP contribution in [-0.4, -0.2) is 87.8 Å². The van der Waals surface area contributed by atoms with Crippen molar-refractivity contribution in [2.24, 2.45) is 11.8 Å². The number of alkyl carbamates (subject to hydrolysis) is 1. The van der Waals surface area contributed by atoms with Crippen LogP contribution < -0.4 is 16.0 Å². The molecule has 1 aliphatic heterocycles. The Morgan fingerprint density at radius 1 is 1.15 bits per heavy atom. The van der Waals surface area contributed by atoms with Crippen molar-refractivity contribution in [1.82, 2.24) is 25.8 Å². The maximum absolute atomic E-state index is 13.5. The SMILES string of the molecule is COC(=O)c1csc([C@@H](NC(=O)[C@H](CO)NC(=S)[C@@H]2CCCN2C(=O)[C@@H](NC(=O)OC(C)(C)C)C(C)C)C(C)C)n1. The Morgan fingerprint density at radius 2 is 1.80 bits per heavy atom. The number of rotatable bonds is 11. The van der Waals surface area contributed by atoms with Crippen molar-refractivity contribution in [3.63, 3.8) is 0 Å². The first-order valence-corrected chi connectivity index (χ1v) is 14.9. The predicted octanol–water partition coefficient (Wildman–Crippen LogP) is 2.56.